The molecule has 4 aromatic rings. The average Bonchev–Trinajstić information content (AvgIpc) is 3.41. The van der Waals surface area contributed by atoms with Gasteiger partial charge in [0.25, 0.3) is 11.5 Å². The molecule has 1 amide bonds. The quantitative estimate of drug-likeness (QED) is 0.203. The molecule has 2 aliphatic rings. The number of fused-ring (bicyclic) bond motifs is 5. The van der Waals surface area contributed by atoms with Crippen LogP contribution in [0, 0.1) is 5.92 Å². The normalized spacial score (nSPS) is 17.7. The fourth-order valence-electron chi connectivity index (χ4n) is 5.84. The fourth-order valence-corrected chi connectivity index (χ4v) is 6.06. The number of amides is 1. The van der Waals surface area contributed by atoms with Crippen molar-refractivity contribution in [2.45, 2.75) is 58.4 Å². The Morgan fingerprint density at radius 1 is 1.16 bits per heavy atom. The van der Waals surface area contributed by atoms with E-state index in [1.807, 2.05) is 44.2 Å². The lowest BCUT2D eigenvalue weighted by atomic mass is 9.85. The largest absolute Gasteiger partial charge is 0.457 e. The zero-order valence-corrected chi connectivity index (χ0v) is 25.8. The first-order valence-electron chi connectivity index (χ1n) is 14.7. The molecule has 12 heteroatoms. The first-order chi connectivity index (χ1) is 21.7. The van der Waals surface area contributed by atoms with Gasteiger partial charge in [-0.15, -0.1) is 0 Å². The van der Waals surface area contributed by atoms with Crippen LogP contribution in [0.3, 0.4) is 0 Å². The summed E-state index contributed by atoms with van der Waals surface area (Å²) in [6.45, 7) is 5.49. The van der Waals surface area contributed by atoms with Crippen molar-refractivity contribution in [3.05, 3.63) is 93.5 Å². The van der Waals surface area contributed by atoms with E-state index in [-0.39, 0.29) is 40.7 Å². The van der Waals surface area contributed by atoms with Crippen LogP contribution in [0.15, 0.2) is 65.7 Å². The lowest BCUT2D eigenvalue weighted by molar-refractivity contribution is -0.191. The molecule has 0 radical (unpaired) electrons. The van der Waals surface area contributed by atoms with Crippen LogP contribution in [0.4, 0.5) is 0 Å². The molecule has 0 bridgehead atoms. The molecule has 2 N–H and O–H groups in total. The predicted octanol–water partition coefficient (Wildman–Crippen LogP) is 3.74. The molecule has 0 fully saturated rings. The Kier molecular flexibility index (Phi) is 7.92. The van der Waals surface area contributed by atoms with Gasteiger partial charge in [0.2, 0.25) is 5.60 Å². The number of rotatable bonds is 7. The smallest absolute Gasteiger partial charge is 0.355 e. The number of carbonyl (C=O) groups is 3. The topological polar surface area (TPSA) is 142 Å². The zero-order valence-electron chi connectivity index (χ0n) is 25.0. The number of carbonyl (C=O) groups excluding carboxylic acids is 3. The van der Waals surface area contributed by atoms with E-state index in [4.69, 9.17) is 26.7 Å². The standard InChI is InChI=1S/C33H31N5O6S/c1-4-18(3)26(36-32(45)37-28(39)20-10-8-12-34-15-20)30(41)44-33(5-2)23-14-25-27-21(13-19-9-6-7-11-24(19)35-27)16-38(25)29(40)22(23)17-43-31(33)42/h6-15,18,26H,4-5,16-17H2,1-3H3,(H2,36,37,39,45)/t18-,26-,33-/m0/s1. The first kappa shape index (κ1) is 30.1. The second-order valence-electron chi connectivity index (χ2n) is 11.2. The second kappa shape index (κ2) is 11.8. The molecule has 6 rings (SSSR count). The molecule has 5 heterocycles. The van der Waals surface area contributed by atoms with Crippen LogP contribution in [0.5, 0.6) is 0 Å². The molecule has 230 valence electrons. The molecule has 0 saturated carbocycles. The summed E-state index contributed by atoms with van der Waals surface area (Å²) in [7, 11) is 0. The average molecular weight is 626 g/mol. The van der Waals surface area contributed by atoms with E-state index in [2.05, 4.69) is 15.6 Å². The highest BCUT2D eigenvalue weighted by atomic mass is 32.1. The molecule has 0 spiro atoms. The van der Waals surface area contributed by atoms with Crippen LogP contribution in [0.25, 0.3) is 22.3 Å². The van der Waals surface area contributed by atoms with Crippen LogP contribution in [-0.4, -0.2) is 43.5 Å². The van der Waals surface area contributed by atoms with E-state index in [9.17, 15) is 19.2 Å². The van der Waals surface area contributed by atoms with Crippen LogP contribution in [-0.2, 0) is 37.8 Å². The van der Waals surface area contributed by atoms with E-state index in [1.54, 1.807) is 35.9 Å². The Labute approximate surface area is 264 Å². The summed E-state index contributed by atoms with van der Waals surface area (Å²) in [5.41, 5.74) is 1.44. The molecule has 1 aromatic carbocycles. The number of esters is 2. The Balaban J connectivity index is 1.34. The van der Waals surface area contributed by atoms with Crippen molar-refractivity contribution in [3.8, 4) is 11.4 Å². The SMILES string of the molecule is CC[C@H](C)[C@H](NC(=S)NC(=O)c1cccnc1)C(=O)O[C@]1(CC)C(=O)OCc2c1cc1n(c2=O)Cc2cc3ccccc3nc2-1. The van der Waals surface area contributed by atoms with Gasteiger partial charge in [-0.05, 0) is 54.9 Å². The number of benzene rings is 1. The highest BCUT2D eigenvalue weighted by Gasteiger charge is 2.51. The van der Waals surface area contributed by atoms with Crippen LogP contribution >= 0.6 is 12.2 Å². The highest BCUT2D eigenvalue weighted by molar-refractivity contribution is 7.80. The van der Waals surface area contributed by atoms with Gasteiger partial charge < -0.3 is 19.4 Å². The second-order valence-corrected chi connectivity index (χ2v) is 11.6. The summed E-state index contributed by atoms with van der Waals surface area (Å²) < 4.78 is 13.2. The number of aromatic nitrogens is 3. The van der Waals surface area contributed by atoms with Crippen LogP contribution in [0.1, 0.15) is 60.7 Å². The van der Waals surface area contributed by atoms with Gasteiger partial charge in [0.1, 0.15) is 12.6 Å². The summed E-state index contributed by atoms with van der Waals surface area (Å²) in [5, 5.41) is 6.32. The number of pyridine rings is 3. The Bertz CT molecular complexity index is 1930. The Morgan fingerprint density at radius 3 is 2.69 bits per heavy atom. The molecule has 0 saturated heterocycles. The number of cyclic esters (lactones) is 1. The van der Waals surface area contributed by atoms with Gasteiger partial charge in [-0.3, -0.25) is 19.9 Å². The maximum Gasteiger partial charge on any atom is 0.355 e. The van der Waals surface area contributed by atoms with Crippen molar-refractivity contribution in [2.75, 3.05) is 0 Å². The molecule has 0 aliphatic carbocycles. The number of ether oxygens (including phenoxy) is 2. The predicted molar refractivity (Wildman–Crippen MR) is 169 cm³/mol. The van der Waals surface area contributed by atoms with Crippen molar-refractivity contribution in [2.24, 2.45) is 5.92 Å². The molecule has 2 aliphatic heterocycles. The minimum Gasteiger partial charge on any atom is -0.457 e. The summed E-state index contributed by atoms with van der Waals surface area (Å²) in [4.78, 5) is 62.7. The van der Waals surface area contributed by atoms with Crippen molar-refractivity contribution in [1.29, 1.82) is 0 Å². The molecular formula is C33H31N5O6S. The molecule has 0 unspecified atom stereocenters. The summed E-state index contributed by atoms with van der Waals surface area (Å²) in [6, 6.07) is 13.6. The summed E-state index contributed by atoms with van der Waals surface area (Å²) in [5.74, 6) is -2.36. The van der Waals surface area contributed by atoms with E-state index >= 15 is 0 Å². The lowest BCUT2D eigenvalue weighted by Crippen LogP contribution is -2.54. The van der Waals surface area contributed by atoms with Gasteiger partial charge >= 0.3 is 11.9 Å². The molecule has 45 heavy (non-hydrogen) atoms. The van der Waals surface area contributed by atoms with E-state index in [1.165, 1.54) is 6.20 Å². The van der Waals surface area contributed by atoms with Crippen molar-refractivity contribution >= 4 is 46.1 Å². The fraction of sp³-hybridized carbons (Fsp3) is 0.303. The van der Waals surface area contributed by atoms with Crippen molar-refractivity contribution in [3.63, 3.8) is 0 Å². The molecule has 3 aromatic heterocycles. The van der Waals surface area contributed by atoms with Crippen molar-refractivity contribution < 1.29 is 23.9 Å². The minimum atomic E-state index is -1.88. The Hall–Kier alpha value is -4.97. The van der Waals surface area contributed by atoms with Gasteiger partial charge in [0, 0.05) is 28.9 Å². The Morgan fingerprint density at radius 2 is 1.96 bits per heavy atom. The monoisotopic (exact) mass is 625 g/mol. The van der Waals surface area contributed by atoms with Gasteiger partial charge in [-0.2, -0.15) is 0 Å². The van der Waals surface area contributed by atoms with E-state index in [0.717, 1.165) is 16.5 Å². The number of nitrogens with one attached hydrogen (secondary N) is 2. The molecular weight excluding hydrogens is 594 g/mol. The first-order valence-corrected chi connectivity index (χ1v) is 15.2. The third kappa shape index (κ3) is 5.24. The number of hydrogen-bond donors (Lipinski definition) is 2. The van der Waals surface area contributed by atoms with Gasteiger partial charge in [0.05, 0.1) is 34.6 Å². The van der Waals surface area contributed by atoms with E-state index < -0.39 is 29.5 Å². The maximum absolute atomic E-state index is 13.9. The molecule has 11 nitrogen and oxygen atoms in total. The van der Waals surface area contributed by atoms with Gasteiger partial charge in [0.15, 0.2) is 5.11 Å². The van der Waals surface area contributed by atoms with E-state index in [0.29, 0.717) is 29.9 Å². The van der Waals surface area contributed by atoms with Crippen LogP contribution in [0.2, 0.25) is 0 Å². The highest BCUT2D eigenvalue weighted by Crippen LogP contribution is 2.41. The zero-order chi connectivity index (χ0) is 31.9. The lowest BCUT2D eigenvalue weighted by Gasteiger charge is -2.37. The minimum absolute atomic E-state index is 0.0148. The van der Waals surface area contributed by atoms with Crippen LogP contribution < -0.4 is 16.2 Å². The third-order valence-corrected chi connectivity index (χ3v) is 8.78. The maximum atomic E-state index is 13.9. The van der Waals surface area contributed by atoms with Gasteiger partial charge in [-0.1, -0.05) is 45.4 Å². The molecule has 3 atom stereocenters. The number of thiocarbonyl (C=S) groups is 1. The number of nitrogens with zero attached hydrogens (tertiary/aromatic N) is 3. The summed E-state index contributed by atoms with van der Waals surface area (Å²) in [6.07, 6.45) is 3.50. The van der Waals surface area contributed by atoms with Crippen molar-refractivity contribution in [1.82, 2.24) is 25.2 Å². The summed E-state index contributed by atoms with van der Waals surface area (Å²) >= 11 is 5.37. The van der Waals surface area contributed by atoms with Gasteiger partial charge in [-0.25, -0.2) is 14.6 Å². The number of hydrogen-bond acceptors (Lipinski definition) is 9. The third-order valence-electron chi connectivity index (χ3n) is 8.56. The number of para-hydroxylation sites is 1.